The number of ether oxygens (including phenoxy) is 1. The van der Waals surface area contributed by atoms with E-state index in [2.05, 4.69) is 18.5 Å². The monoisotopic (exact) mass is 281 g/mol. The molecule has 0 radical (unpaired) electrons. The first kappa shape index (κ1) is 18.0. The van der Waals surface area contributed by atoms with Crippen LogP contribution in [0.5, 0.6) is 0 Å². The van der Waals surface area contributed by atoms with Crippen LogP contribution in [0.25, 0.3) is 0 Å². The summed E-state index contributed by atoms with van der Waals surface area (Å²) in [7, 11) is 0. The van der Waals surface area contributed by atoms with Crippen molar-refractivity contribution in [3.05, 3.63) is 36.5 Å². The van der Waals surface area contributed by atoms with E-state index in [-0.39, 0.29) is 6.42 Å². The van der Waals surface area contributed by atoms with Gasteiger partial charge in [-0.15, -0.1) is 0 Å². The first-order valence-corrected chi connectivity index (χ1v) is 6.26. The van der Waals surface area contributed by atoms with Gasteiger partial charge in [0.25, 0.3) is 0 Å². The minimum Gasteiger partial charge on any atom is -0.480 e. The van der Waals surface area contributed by atoms with Crippen molar-refractivity contribution in [3.63, 3.8) is 0 Å². The fraction of sp³-hybridized carbons (Fsp3) is 0.467. The van der Waals surface area contributed by atoms with Crippen molar-refractivity contribution in [1.29, 1.82) is 0 Å². The van der Waals surface area contributed by atoms with Crippen molar-refractivity contribution in [2.75, 3.05) is 0 Å². The Morgan fingerprint density at radius 1 is 1.40 bits per heavy atom. The van der Waals surface area contributed by atoms with Gasteiger partial charge in [-0.25, -0.2) is 9.59 Å². The van der Waals surface area contributed by atoms with Crippen LogP contribution in [0.4, 0.5) is 4.79 Å². The van der Waals surface area contributed by atoms with E-state index >= 15 is 0 Å². The Morgan fingerprint density at radius 2 is 1.95 bits per heavy atom. The molecule has 5 heteroatoms. The Hall–Kier alpha value is -2.04. The van der Waals surface area contributed by atoms with E-state index in [1.165, 1.54) is 0 Å². The molecule has 0 fully saturated rings. The number of rotatable bonds is 6. The predicted molar refractivity (Wildman–Crippen MR) is 78.5 cm³/mol. The molecule has 0 saturated carbocycles. The average molecular weight is 281 g/mol. The summed E-state index contributed by atoms with van der Waals surface area (Å²) in [5.74, 6) is -1.13. The number of carbonyl (C=O) groups is 2. The van der Waals surface area contributed by atoms with Gasteiger partial charge in [-0.2, -0.15) is 0 Å². The van der Waals surface area contributed by atoms with Gasteiger partial charge in [0.2, 0.25) is 0 Å². The molecule has 0 aliphatic carbocycles. The quantitative estimate of drug-likeness (QED) is 0.734. The summed E-state index contributed by atoms with van der Waals surface area (Å²) in [6.07, 6.45) is 2.62. The highest BCUT2D eigenvalue weighted by Crippen LogP contribution is 2.12. The zero-order valence-electron chi connectivity index (χ0n) is 12.5. The third-order valence-corrected chi connectivity index (χ3v) is 2.12. The van der Waals surface area contributed by atoms with Crippen LogP contribution in [0.2, 0.25) is 0 Å². The van der Waals surface area contributed by atoms with Crippen LogP contribution in [0.3, 0.4) is 0 Å². The highest BCUT2D eigenvalue weighted by atomic mass is 16.6. The second kappa shape index (κ2) is 7.53. The summed E-state index contributed by atoms with van der Waals surface area (Å²) in [5.41, 5.74) is 0.782. The summed E-state index contributed by atoms with van der Waals surface area (Å²) in [6.45, 7) is 14.3. The third kappa shape index (κ3) is 8.13. The van der Waals surface area contributed by atoms with Gasteiger partial charge in [-0.1, -0.05) is 30.9 Å². The number of hydrogen-bond donors (Lipinski definition) is 2. The van der Waals surface area contributed by atoms with Crippen LogP contribution < -0.4 is 5.32 Å². The number of nitrogens with one attached hydrogen (secondary N) is 1. The predicted octanol–water partition coefficient (Wildman–Crippen LogP) is 3.04. The van der Waals surface area contributed by atoms with Crippen molar-refractivity contribution in [1.82, 2.24) is 5.32 Å². The fourth-order valence-corrected chi connectivity index (χ4v) is 1.40. The minimum atomic E-state index is -1.13. The third-order valence-electron chi connectivity index (χ3n) is 2.12. The number of carboxylic acid groups (broad SMARTS) is 1. The van der Waals surface area contributed by atoms with Crippen molar-refractivity contribution in [2.24, 2.45) is 0 Å². The molecule has 0 heterocycles. The minimum absolute atomic E-state index is 0.116. The first-order chi connectivity index (χ1) is 9.05. The zero-order chi connectivity index (χ0) is 15.9. The summed E-state index contributed by atoms with van der Waals surface area (Å²) < 4.78 is 5.04. The Balaban J connectivity index is 4.83. The van der Waals surface area contributed by atoms with Gasteiger partial charge in [-0.05, 0) is 33.3 Å². The van der Waals surface area contributed by atoms with E-state index in [9.17, 15) is 9.59 Å². The number of amides is 1. The molecule has 0 spiro atoms. The number of carbonyl (C=O) groups excluding carboxylic acids is 1. The molecule has 1 atom stereocenters. The molecule has 0 saturated heterocycles. The molecule has 0 aliphatic rings. The standard InChI is InChI=1S/C15H23NO4/c1-7-11(8-10(2)3)9-12(13(17)18)16-14(19)20-15(4,5)6/h7-8,12H,1-2,9H2,3-6H3,(H,16,19)(H,17,18)/b11-8+. The second-order valence-electron chi connectivity index (χ2n) is 5.51. The lowest BCUT2D eigenvalue weighted by Gasteiger charge is -2.22. The van der Waals surface area contributed by atoms with Gasteiger partial charge in [0.1, 0.15) is 11.6 Å². The summed E-state index contributed by atoms with van der Waals surface area (Å²) in [4.78, 5) is 22.8. The molecule has 0 rings (SSSR count). The Bertz CT molecular complexity index is 430. The fourth-order valence-electron chi connectivity index (χ4n) is 1.40. The van der Waals surface area contributed by atoms with Gasteiger partial charge in [0.15, 0.2) is 0 Å². The van der Waals surface area contributed by atoms with Gasteiger partial charge >= 0.3 is 12.1 Å². The van der Waals surface area contributed by atoms with E-state index < -0.39 is 23.7 Å². The van der Waals surface area contributed by atoms with E-state index in [0.717, 1.165) is 5.57 Å². The molecule has 112 valence electrons. The maximum Gasteiger partial charge on any atom is 0.408 e. The number of aliphatic carboxylic acids is 1. The molecule has 0 aromatic heterocycles. The van der Waals surface area contributed by atoms with E-state index in [1.807, 2.05) is 0 Å². The first-order valence-electron chi connectivity index (χ1n) is 6.26. The van der Waals surface area contributed by atoms with Crippen molar-refractivity contribution >= 4 is 12.1 Å². The number of carboxylic acids is 1. The van der Waals surface area contributed by atoms with Crippen molar-refractivity contribution in [2.45, 2.75) is 45.8 Å². The Labute approximate surface area is 120 Å². The van der Waals surface area contributed by atoms with Crippen molar-refractivity contribution in [3.8, 4) is 0 Å². The van der Waals surface area contributed by atoms with Gasteiger partial charge in [-0.3, -0.25) is 0 Å². The average Bonchev–Trinajstić information content (AvgIpc) is 2.23. The highest BCUT2D eigenvalue weighted by Gasteiger charge is 2.24. The molecule has 20 heavy (non-hydrogen) atoms. The Morgan fingerprint density at radius 3 is 2.30 bits per heavy atom. The molecule has 0 aromatic carbocycles. The molecule has 2 N–H and O–H groups in total. The SMILES string of the molecule is C=C/C(=C\C(=C)C)CC(NC(=O)OC(C)(C)C)C(=O)O. The highest BCUT2D eigenvalue weighted by molar-refractivity contribution is 5.80. The molecular formula is C15H23NO4. The summed E-state index contributed by atoms with van der Waals surface area (Å²) in [6, 6.07) is -1.08. The van der Waals surface area contributed by atoms with Crippen LogP contribution in [-0.4, -0.2) is 28.8 Å². The lowest BCUT2D eigenvalue weighted by molar-refractivity contribution is -0.139. The van der Waals surface area contributed by atoms with Crippen LogP contribution in [0, 0.1) is 0 Å². The van der Waals surface area contributed by atoms with E-state index in [4.69, 9.17) is 9.84 Å². The van der Waals surface area contributed by atoms with Gasteiger partial charge in [0.05, 0.1) is 0 Å². The van der Waals surface area contributed by atoms with Gasteiger partial charge in [0, 0.05) is 6.42 Å². The molecule has 0 bridgehead atoms. The lowest BCUT2D eigenvalue weighted by Crippen LogP contribution is -2.43. The topological polar surface area (TPSA) is 75.6 Å². The number of hydrogen-bond acceptors (Lipinski definition) is 3. The van der Waals surface area contributed by atoms with Crippen LogP contribution >= 0.6 is 0 Å². The van der Waals surface area contributed by atoms with E-state index in [1.54, 1.807) is 39.8 Å². The molecule has 0 aromatic rings. The molecular weight excluding hydrogens is 258 g/mol. The molecule has 1 unspecified atom stereocenters. The Kier molecular flexibility index (Phi) is 6.76. The molecule has 1 amide bonds. The van der Waals surface area contributed by atoms with Crippen molar-refractivity contribution < 1.29 is 19.4 Å². The van der Waals surface area contributed by atoms with Crippen LogP contribution in [0.1, 0.15) is 34.1 Å². The zero-order valence-corrected chi connectivity index (χ0v) is 12.5. The normalized spacial score (nSPS) is 13.3. The largest absolute Gasteiger partial charge is 0.480 e. The number of allylic oxidation sites excluding steroid dienone is 3. The second-order valence-corrected chi connectivity index (χ2v) is 5.51. The molecule has 0 aliphatic heterocycles. The summed E-state index contributed by atoms with van der Waals surface area (Å²) >= 11 is 0. The maximum atomic E-state index is 11.6. The lowest BCUT2D eigenvalue weighted by atomic mass is 10.0. The number of alkyl carbamates (subject to hydrolysis) is 1. The smallest absolute Gasteiger partial charge is 0.408 e. The van der Waals surface area contributed by atoms with Crippen LogP contribution in [-0.2, 0) is 9.53 Å². The van der Waals surface area contributed by atoms with Crippen LogP contribution in [0.15, 0.2) is 36.5 Å². The maximum absolute atomic E-state index is 11.6. The van der Waals surface area contributed by atoms with E-state index in [0.29, 0.717) is 5.57 Å². The summed E-state index contributed by atoms with van der Waals surface area (Å²) in [5, 5.41) is 11.5. The van der Waals surface area contributed by atoms with Gasteiger partial charge < -0.3 is 15.2 Å². The molecule has 5 nitrogen and oxygen atoms in total.